The summed E-state index contributed by atoms with van der Waals surface area (Å²) in [6.07, 6.45) is -1.46. The van der Waals surface area contributed by atoms with Gasteiger partial charge in [-0.1, -0.05) is 0 Å². The average Bonchev–Trinajstić information content (AvgIpc) is 3.13. The van der Waals surface area contributed by atoms with Gasteiger partial charge in [0.05, 0.1) is 5.56 Å². The first-order valence-corrected chi connectivity index (χ1v) is 7.10. The van der Waals surface area contributed by atoms with Crippen LogP contribution in [0.2, 0.25) is 0 Å². The van der Waals surface area contributed by atoms with Gasteiger partial charge >= 0.3 is 6.18 Å². The molecule has 0 bridgehead atoms. The third-order valence-electron chi connectivity index (χ3n) is 4.59. The van der Waals surface area contributed by atoms with Crippen molar-refractivity contribution < 1.29 is 18.0 Å². The minimum absolute atomic E-state index is 0.00175. The number of amides is 1. The Hall–Kier alpha value is -1.56. The highest BCUT2D eigenvalue weighted by atomic mass is 19.4. The maximum Gasteiger partial charge on any atom is 0.416 e. The monoisotopic (exact) mass is 298 g/mol. The van der Waals surface area contributed by atoms with Gasteiger partial charge in [-0.15, -0.1) is 0 Å². The van der Waals surface area contributed by atoms with Gasteiger partial charge in [0, 0.05) is 11.6 Å². The zero-order valence-electron chi connectivity index (χ0n) is 11.5. The summed E-state index contributed by atoms with van der Waals surface area (Å²) in [5, 5.41) is 6.00. The Labute approximate surface area is 120 Å². The number of anilines is 1. The minimum Gasteiger partial charge on any atom is -0.326 e. The topological polar surface area (TPSA) is 41.1 Å². The second-order valence-corrected chi connectivity index (χ2v) is 5.93. The van der Waals surface area contributed by atoms with Crippen LogP contribution in [0.15, 0.2) is 24.3 Å². The molecule has 2 aliphatic rings. The van der Waals surface area contributed by atoms with Crippen molar-refractivity contribution in [2.45, 2.75) is 25.4 Å². The van der Waals surface area contributed by atoms with E-state index in [1.165, 1.54) is 12.1 Å². The van der Waals surface area contributed by atoms with Gasteiger partial charge in [-0.2, -0.15) is 13.2 Å². The summed E-state index contributed by atoms with van der Waals surface area (Å²) in [7, 11) is 0. The molecular weight excluding hydrogens is 281 g/mol. The van der Waals surface area contributed by atoms with Gasteiger partial charge in [0.25, 0.3) is 0 Å². The molecule has 1 atom stereocenters. The molecule has 1 spiro atoms. The summed E-state index contributed by atoms with van der Waals surface area (Å²) in [6.45, 7) is 1.87. The minimum atomic E-state index is -4.35. The summed E-state index contributed by atoms with van der Waals surface area (Å²) in [5.41, 5.74) is -0.160. The zero-order valence-corrected chi connectivity index (χ0v) is 11.5. The fourth-order valence-electron chi connectivity index (χ4n) is 3.17. The van der Waals surface area contributed by atoms with Crippen molar-refractivity contribution in [2.75, 3.05) is 18.4 Å². The van der Waals surface area contributed by atoms with Crippen LogP contribution in [0.3, 0.4) is 0 Å². The first-order valence-electron chi connectivity index (χ1n) is 7.10. The molecule has 1 saturated carbocycles. The number of rotatable bonds is 2. The molecule has 2 fully saturated rings. The van der Waals surface area contributed by atoms with Gasteiger partial charge in [0.15, 0.2) is 0 Å². The van der Waals surface area contributed by atoms with E-state index < -0.39 is 11.7 Å². The van der Waals surface area contributed by atoms with E-state index in [4.69, 9.17) is 0 Å². The van der Waals surface area contributed by atoms with Crippen molar-refractivity contribution >= 4 is 11.6 Å². The predicted molar refractivity (Wildman–Crippen MR) is 72.7 cm³/mol. The highest BCUT2D eigenvalue weighted by Crippen LogP contribution is 2.58. The summed E-state index contributed by atoms with van der Waals surface area (Å²) < 4.78 is 37.4. The third-order valence-corrected chi connectivity index (χ3v) is 4.59. The van der Waals surface area contributed by atoms with E-state index in [1.807, 2.05) is 0 Å². The summed E-state index contributed by atoms with van der Waals surface area (Å²) in [4.78, 5) is 12.2. The van der Waals surface area contributed by atoms with Crippen LogP contribution >= 0.6 is 0 Å². The number of carbonyl (C=O) groups excluding carboxylic acids is 1. The Bertz CT molecular complexity index is 533. The standard InChI is InChI=1S/C15H17F3N2O/c16-15(17,18)10-1-3-11(4-2-10)20-13(21)12-9-14(12)5-7-19-8-6-14/h1-4,12,19H,5-9H2,(H,20,21). The van der Waals surface area contributed by atoms with Crippen LogP contribution in [0, 0.1) is 11.3 Å². The molecule has 1 heterocycles. The highest BCUT2D eigenvalue weighted by Gasteiger charge is 2.57. The van der Waals surface area contributed by atoms with E-state index in [1.54, 1.807) is 0 Å². The first kappa shape index (κ1) is 14.4. The molecule has 1 aromatic carbocycles. The average molecular weight is 298 g/mol. The number of alkyl halides is 3. The Morgan fingerprint density at radius 3 is 2.38 bits per heavy atom. The predicted octanol–water partition coefficient (Wildman–Crippen LogP) is 3.03. The van der Waals surface area contributed by atoms with E-state index in [2.05, 4.69) is 10.6 Å². The van der Waals surface area contributed by atoms with Crippen LogP contribution in [-0.2, 0) is 11.0 Å². The molecule has 114 valence electrons. The molecule has 6 heteroatoms. The Morgan fingerprint density at radius 1 is 1.19 bits per heavy atom. The van der Waals surface area contributed by atoms with Crippen LogP contribution < -0.4 is 10.6 Å². The fraction of sp³-hybridized carbons (Fsp3) is 0.533. The highest BCUT2D eigenvalue weighted by molar-refractivity contribution is 5.95. The van der Waals surface area contributed by atoms with E-state index in [0.717, 1.165) is 44.5 Å². The molecule has 2 N–H and O–H groups in total. The van der Waals surface area contributed by atoms with Crippen molar-refractivity contribution in [3.63, 3.8) is 0 Å². The molecule has 3 rings (SSSR count). The molecule has 1 aromatic rings. The largest absolute Gasteiger partial charge is 0.416 e. The third kappa shape index (κ3) is 2.90. The van der Waals surface area contributed by atoms with E-state index in [-0.39, 0.29) is 17.2 Å². The molecule has 1 amide bonds. The van der Waals surface area contributed by atoms with Crippen molar-refractivity contribution in [3.8, 4) is 0 Å². The lowest BCUT2D eigenvalue weighted by Gasteiger charge is -2.23. The van der Waals surface area contributed by atoms with Crippen LogP contribution in [0.1, 0.15) is 24.8 Å². The van der Waals surface area contributed by atoms with Gasteiger partial charge in [0.1, 0.15) is 0 Å². The molecule has 0 aromatic heterocycles. The van der Waals surface area contributed by atoms with Crippen LogP contribution in [0.4, 0.5) is 18.9 Å². The number of nitrogens with one attached hydrogen (secondary N) is 2. The second kappa shape index (κ2) is 5.02. The number of hydrogen-bond donors (Lipinski definition) is 2. The number of benzene rings is 1. The van der Waals surface area contributed by atoms with Crippen LogP contribution in [-0.4, -0.2) is 19.0 Å². The molecule has 0 radical (unpaired) electrons. The molecular formula is C15H17F3N2O. The Morgan fingerprint density at radius 2 is 1.81 bits per heavy atom. The van der Waals surface area contributed by atoms with Crippen LogP contribution in [0.25, 0.3) is 0 Å². The molecule has 1 aliphatic heterocycles. The van der Waals surface area contributed by atoms with Gasteiger partial charge < -0.3 is 10.6 Å². The lowest BCUT2D eigenvalue weighted by atomic mass is 9.92. The first-order chi connectivity index (χ1) is 9.91. The van der Waals surface area contributed by atoms with Crippen LogP contribution in [0.5, 0.6) is 0 Å². The zero-order chi connectivity index (χ0) is 15.1. The summed E-state index contributed by atoms with van der Waals surface area (Å²) in [5.74, 6) is -0.0708. The summed E-state index contributed by atoms with van der Waals surface area (Å²) >= 11 is 0. The van der Waals surface area contributed by atoms with E-state index >= 15 is 0 Å². The molecule has 21 heavy (non-hydrogen) atoms. The number of halogens is 3. The smallest absolute Gasteiger partial charge is 0.326 e. The molecule has 3 nitrogen and oxygen atoms in total. The van der Waals surface area contributed by atoms with Gasteiger partial charge in [-0.25, -0.2) is 0 Å². The van der Waals surface area contributed by atoms with Gasteiger partial charge in [-0.3, -0.25) is 4.79 Å². The van der Waals surface area contributed by atoms with Crippen molar-refractivity contribution in [2.24, 2.45) is 11.3 Å². The second-order valence-electron chi connectivity index (χ2n) is 5.93. The normalized spacial score (nSPS) is 23.9. The maximum atomic E-state index is 12.5. The Balaban J connectivity index is 1.61. The van der Waals surface area contributed by atoms with Crippen molar-refractivity contribution in [3.05, 3.63) is 29.8 Å². The summed E-state index contributed by atoms with van der Waals surface area (Å²) in [6, 6.07) is 4.59. The SMILES string of the molecule is O=C(Nc1ccc(C(F)(F)F)cc1)C1CC12CCNCC2. The lowest BCUT2D eigenvalue weighted by molar-refractivity contribution is -0.137. The number of piperidine rings is 1. The lowest BCUT2D eigenvalue weighted by Crippen LogP contribution is -2.31. The molecule has 1 unspecified atom stereocenters. The van der Waals surface area contributed by atoms with E-state index in [0.29, 0.717) is 5.69 Å². The fourth-order valence-corrected chi connectivity index (χ4v) is 3.17. The van der Waals surface area contributed by atoms with Gasteiger partial charge in [0.2, 0.25) is 5.91 Å². The molecule has 1 aliphatic carbocycles. The van der Waals surface area contributed by atoms with Crippen molar-refractivity contribution in [1.82, 2.24) is 5.32 Å². The van der Waals surface area contributed by atoms with E-state index in [9.17, 15) is 18.0 Å². The van der Waals surface area contributed by atoms with Crippen molar-refractivity contribution in [1.29, 1.82) is 0 Å². The number of carbonyl (C=O) groups is 1. The maximum absolute atomic E-state index is 12.5. The Kier molecular flexibility index (Phi) is 3.43. The molecule has 1 saturated heterocycles. The van der Waals surface area contributed by atoms with Gasteiger partial charge in [-0.05, 0) is 62.0 Å². The number of hydrogen-bond acceptors (Lipinski definition) is 2. The quantitative estimate of drug-likeness (QED) is 0.881.